The highest BCUT2D eigenvalue weighted by molar-refractivity contribution is 7.93. The molecule has 0 bridgehead atoms. The number of hydrogen-bond donors (Lipinski definition) is 1. The van der Waals surface area contributed by atoms with E-state index in [4.69, 9.17) is 0 Å². The van der Waals surface area contributed by atoms with Gasteiger partial charge in [-0.1, -0.05) is 26.0 Å². The van der Waals surface area contributed by atoms with E-state index < -0.39 is 10.0 Å². The van der Waals surface area contributed by atoms with Gasteiger partial charge in [-0.05, 0) is 43.0 Å². The van der Waals surface area contributed by atoms with Gasteiger partial charge < -0.3 is 5.32 Å². The Morgan fingerprint density at radius 2 is 1.91 bits per heavy atom. The van der Waals surface area contributed by atoms with Crippen molar-refractivity contribution in [3.8, 4) is 0 Å². The number of carbonyl (C=O) groups is 1. The highest BCUT2D eigenvalue weighted by Gasteiger charge is 2.28. The SMILES string of the molecule is CCC(CC)NC(=O)/C=C/c1ccc(N2CCCS2(=O)=O)cc1. The summed E-state index contributed by atoms with van der Waals surface area (Å²) in [6, 6.07) is 7.41. The van der Waals surface area contributed by atoms with Gasteiger partial charge in [0, 0.05) is 18.7 Å². The maximum Gasteiger partial charge on any atom is 0.244 e. The van der Waals surface area contributed by atoms with Crippen LogP contribution in [0.15, 0.2) is 30.3 Å². The van der Waals surface area contributed by atoms with Gasteiger partial charge in [0.25, 0.3) is 0 Å². The molecule has 1 fully saturated rings. The van der Waals surface area contributed by atoms with Crippen molar-refractivity contribution < 1.29 is 13.2 Å². The van der Waals surface area contributed by atoms with Crippen LogP contribution in [0.3, 0.4) is 0 Å². The topological polar surface area (TPSA) is 66.5 Å². The average molecular weight is 336 g/mol. The van der Waals surface area contributed by atoms with Crippen molar-refractivity contribution in [2.24, 2.45) is 0 Å². The molecule has 0 saturated carbocycles. The maximum atomic E-state index is 11.9. The van der Waals surface area contributed by atoms with Gasteiger partial charge in [0.15, 0.2) is 0 Å². The van der Waals surface area contributed by atoms with Gasteiger partial charge in [-0.15, -0.1) is 0 Å². The molecule has 23 heavy (non-hydrogen) atoms. The molecule has 5 nitrogen and oxygen atoms in total. The van der Waals surface area contributed by atoms with Crippen LogP contribution in [0.5, 0.6) is 0 Å². The summed E-state index contributed by atoms with van der Waals surface area (Å²) in [6.45, 7) is 4.63. The predicted octanol–water partition coefficient (Wildman–Crippen LogP) is 2.54. The van der Waals surface area contributed by atoms with E-state index >= 15 is 0 Å². The maximum absolute atomic E-state index is 11.9. The average Bonchev–Trinajstić information content (AvgIpc) is 2.90. The van der Waals surface area contributed by atoms with E-state index in [1.165, 1.54) is 10.4 Å². The lowest BCUT2D eigenvalue weighted by Gasteiger charge is -2.16. The number of rotatable bonds is 6. The van der Waals surface area contributed by atoms with Crippen molar-refractivity contribution >= 4 is 27.7 Å². The Morgan fingerprint density at radius 3 is 2.43 bits per heavy atom. The third-order valence-corrected chi connectivity index (χ3v) is 5.91. The van der Waals surface area contributed by atoms with E-state index in [-0.39, 0.29) is 17.7 Å². The molecule has 1 aromatic carbocycles. The quantitative estimate of drug-likeness (QED) is 0.812. The van der Waals surface area contributed by atoms with Crippen LogP contribution in [0, 0.1) is 0 Å². The molecule has 0 aromatic heterocycles. The van der Waals surface area contributed by atoms with Crippen molar-refractivity contribution in [3.63, 3.8) is 0 Å². The van der Waals surface area contributed by atoms with Crippen LogP contribution >= 0.6 is 0 Å². The summed E-state index contributed by atoms with van der Waals surface area (Å²) in [5.41, 5.74) is 1.55. The van der Waals surface area contributed by atoms with Crippen LogP contribution in [-0.2, 0) is 14.8 Å². The second-order valence-corrected chi connectivity index (χ2v) is 7.70. The third kappa shape index (κ3) is 4.58. The van der Waals surface area contributed by atoms with Gasteiger partial charge in [-0.2, -0.15) is 0 Å². The summed E-state index contributed by atoms with van der Waals surface area (Å²) in [7, 11) is -3.15. The Bertz CT molecular complexity index is 662. The minimum atomic E-state index is -3.15. The van der Waals surface area contributed by atoms with E-state index in [0.717, 1.165) is 18.4 Å². The first kappa shape index (κ1) is 17.5. The summed E-state index contributed by atoms with van der Waals surface area (Å²) >= 11 is 0. The minimum Gasteiger partial charge on any atom is -0.350 e. The van der Waals surface area contributed by atoms with Crippen molar-refractivity contribution in [1.82, 2.24) is 5.32 Å². The molecule has 1 aliphatic heterocycles. The number of carbonyl (C=O) groups excluding carboxylic acids is 1. The zero-order valence-corrected chi connectivity index (χ0v) is 14.5. The van der Waals surface area contributed by atoms with E-state index in [9.17, 15) is 13.2 Å². The fraction of sp³-hybridized carbons (Fsp3) is 0.471. The van der Waals surface area contributed by atoms with Crippen molar-refractivity contribution in [1.29, 1.82) is 0 Å². The third-order valence-electron chi connectivity index (χ3n) is 4.04. The minimum absolute atomic E-state index is 0.107. The lowest BCUT2D eigenvalue weighted by molar-refractivity contribution is -0.117. The van der Waals surface area contributed by atoms with Crippen molar-refractivity contribution in [2.75, 3.05) is 16.6 Å². The normalized spacial score (nSPS) is 17.1. The van der Waals surface area contributed by atoms with Crippen molar-refractivity contribution in [3.05, 3.63) is 35.9 Å². The molecular formula is C17H24N2O3S. The van der Waals surface area contributed by atoms with Crippen LogP contribution in [0.4, 0.5) is 5.69 Å². The lowest BCUT2D eigenvalue weighted by Crippen LogP contribution is -2.32. The molecule has 2 rings (SSSR count). The Morgan fingerprint density at radius 1 is 1.26 bits per heavy atom. The lowest BCUT2D eigenvalue weighted by atomic mass is 10.1. The molecule has 0 spiro atoms. The number of sulfonamides is 1. The van der Waals surface area contributed by atoms with Crippen LogP contribution in [0.25, 0.3) is 6.08 Å². The summed E-state index contributed by atoms with van der Waals surface area (Å²) in [5, 5.41) is 2.94. The first-order valence-corrected chi connectivity index (χ1v) is 9.66. The van der Waals surface area contributed by atoms with Gasteiger partial charge >= 0.3 is 0 Å². The Balaban J connectivity index is 2.00. The van der Waals surface area contributed by atoms with Crippen LogP contribution < -0.4 is 9.62 Å². The first-order chi connectivity index (χ1) is 11.0. The van der Waals surface area contributed by atoms with Crippen molar-refractivity contribution in [2.45, 2.75) is 39.2 Å². The second-order valence-electron chi connectivity index (χ2n) is 5.69. The number of nitrogens with zero attached hydrogens (tertiary/aromatic N) is 1. The largest absolute Gasteiger partial charge is 0.350 e. The van der Waals surface area contributed by atoms with Gasteiger partial charge in [-0.25, -0.2) is 8.42 Å². The Labute approximate surface area is 138 Å². The fourth-order valence-corrected chi connectivity index (χ4v) is 4.16. The highest BCUT2D eigenvalue weighted by atomic mass is 32.2. The molecule has 1 amide bonds. The molecule has 0 radical (unpaired) electrons. The highest BCUT2D eigenvalue weighted by Crippen LogP contribution is 2.24. The van der Waals surface area contributed by atoms with E-state index in [1.54, 1.807) is 18.2 Å². The van der Waals surface area contributed by atoms with Crippen LogP contribution in [-0.4, -0.2) is 32.7 Å². The molecule has 1 aromatic rings. The molecule has 1 heterocycles. The zero-order chi connectivity index (χ0) is 16.9. The molecule has 1 saturated heterocycles. The molecule has 1 N–H and O–H groups in total. The number of amides is 1. The summed E-state index contributed by atoms with van der Waals surface area (Å²) in [4.78, 5) is 11.8. The van der Waals surface area contributed by atoms with Gasteiger partial charge in [-0.3, -0.25) is 9.10 Å². The number of anilines is 1. The standard InChI is InChI=1S/C17H24N2O3S/c1-3-15(4-2)18-17(20)11-8-14-6-9-16(10-7-14)19-12-5-13-23(19,21)22/h6-11,15H,3-5,12-13H2,1-2H3,(H,18,20)/b11-8+. The second kappa shape index (κ2) is 7.64. The molecule has 0 unspecified atom stereocenters. The Kier molecular flexibility index (Phi) is 5.82. The monoisotopic (exact) mass is 336 g/mol. The molecule has 0 aliphatic carbocycles. The van der Waals surface area contributed by atoms with Gasteiger partial charge in [0.2, 0.25) is 15.9 Å². The van der Waals surface area contributed by atoms with E-state index in [1.807, 2.05) is 26.0 Å². The summed E-state index contributed by atoms with van der Waals surface area (Å²) in [5.74, 6) is 0.107. The van der Waals surface area contributed by atoms with E-state index in [2.05, 4.69) is 5.32 Å². The van der Waals surface area contributed by atoms with Gasteiger partial charge in [0.05, 0.1) is 11.4 Å². The number of benzene rings is 1. The molecule has 0 atom stereocenters. The fourth-order valence-electron chi connectivity index (χ4n) is 2.60. The Hall–Kier alpha value is -1.82. The first-order valence-electron chi connectivity index (χ1n) is 8.05. The number of hydrogen-bond acceptors (Lipinski definition) is 3. The van der Waals surface area contributed by atoms with E-state index in [0.29, 0.717) is 18.7 Å². The molecule has 1 aliphatic rings. The zero-order valence-electron chi connectivity index (χ0n) is 13.7. The molecular weight excluding hydrogens is 312 g/mol. The summed E-state index contributed by atoms with van der Waals surface area (Å²) < 4.78 is 25.2. The van der Waals surface area contributed by atoms with Crippen LogP contribution in [0.2, 0.25) is 0 Å². The number of nitrogens with one attached hydrogen (secondary N) is 1. The predicted molar refractivity (Wildman–Crippen MR) is 93.7 cm³/mol. The summed E-state index contributed by atoms with van der Waals surface area (Å²) in [6.07, 6.45) is 5.74. The molecule has 6 heteroatoms. The smallest absolute Gasteiger partial charge is 0.244 e. The van der Waals surface area contributed by atoms with Gasteiger partial charge in [0.1, 0.15) is 0 Å². The molecule has 126 valence electrons. The van der Waals surface area contributed by atoms with Crippen LogP contribution in [0.1, 0.15) is 38.7 Å².